The summed E-state index contributed by atoms with van der Waals surface area (Å²) in [5, 5.41) is 6.58. The van der Waals surface area contributed by atoms with E-state index in [0.29, 0.717) is 34.7 Å². The number of pyridine rings is 1. The largest absolute Gasteiger partial charge is 0.382 e. The average Bonchev–Trinajstić information content (AvgIpc) is 2.69. The fourth-order valence-corrected chi connectivity index (χ4v) is 4.57. The maximum absolute atomic E-state index is 13.5. The Morgan fingerprint density at radius 1 is 1.22 bits per heavy atom. The first kappa shape index (κ1) is 24.2. The number of benzene rings is 1. The Balaban J connectivity index is 1.73. The molecule has 1 aliphatic rings. The number of aryl methyl sites for hydroxylation is 2. The third-order valence-electron chi connectivity index (χ3n) is 6.39. The molecule has 3 rings (SSSR count). The number of carbonyl (C=O) groups is 1. The predicted octanol–water partition coefficient (Wildman–Crippen LogP) is 5.51. The molecular formula is C24H30ClF2N3O2. The van der Waals surface area contributed by atoms with Crippen molar-refractivity contribution < 1.29 is 13.6 Å². The van der Waals surface area contributed by atoms with Crippen molar-refractivity contribution in [3.63, 3.8) is 0 Å². The van der Waals surface area contributed by atoms with Gasteiger partial charge in [0.25, 0.3) is 11.5 Å². The molecule has 2 aromatic rings. The van der Waals surface area contributed by atoms with E-state index in [1.807, 2.05) is 26.8 Å². The summed E-state index contributed by atoms with van der Waals surface area (Å²) in [7, 11) is 0. The van der Waals surface area contributed by atoms with E-state index in [2.05, 4.69) is 15.6 Å². The van der Waals surface area contributed by atoms with Gasteiger partial charge in [0, 0.05) is 53.0 Å². The molecule has 3 N–H and O–H groups in total. The summed E-state index contributed by atoms with van der Waals surface area (Å²) < 4.78 is 27.0. The van der Waals surface area contributed by atoms with E-state index in [4.69, 9.17) is 11.6 Å². The fourth-order valence-electron chi connectivity index (χ4n) is 4.36. The number of aromatic amines is 1. The highest BCUT2D eigenvalue weighted by molar-refractivity contribution is 6.31. The van der Waals surface area contributed by atoms with Crippen LogP contribution in [-0.4, -0.2) is 22.9 Å². The third kappa shape index (κ3) is 5.68. The van der Waals surface area contributed by atoms with Crippen molar-refractivity contribution in [1.29, 1.82) is 0 Å². The van der Waals surface area contributed by atoms with Crippen LogP contribution >= 0.6 is 11.6 Å². The molecule has 0 spiro atoms. The highest BCUT2D eigenvalue weighted by atomic mass is 35.5. The van der Waals surface area contributed by atoms with E-state index in [1.165, 1.54) is 0 Å². The molecule has 0 aliphatic heterocycles. The lowest BCUT2D eigenvalue weighted by molar-refractivity contribution is -0.0469. The van der Waals surface area contributed by atoms with Crippen molar-refractivity contribution in [2.45, 2.75) is 71.9 Å². The summed E-state index contributed by atoms with van der Waals surface area (Å²) >= 11 is 6.28. The first-order valence-corrected chi connectivity index (χ1v) is 11.3. The van der Waals surface area contributed by atoms with Crippen molar-refractivity contribution >= 4 is 23.2 Å². The molecule has 0 saturated heterocycles. The van der Waals surface area contributed by atoms with Crippen LogP contribution in [0.5, 0.6) is 0 Å². The van der Waals surface area contributed by atoms with E-state index in [1.54, 1.807) is 19.1 Å². The molecule has 1 atom stereocenters. The second-order valence-electron chi connectivity index (χ2n) is 8.88. The van der Waals surface area contributed by atoms with Crippen LogP contribution in [0, 0.1) is 26.7 Å². The Hall–Kier alpha value is -2.41. The van der Waals surface area contributed by atoms with Crippen LogP contribution in [0.3, 0.4) is 0 Å². The minimum absolute atomic E-state index is 0.0343. The SMILES string of the molecule is Cc1cc(C)c(CNC(=O)c2cc(Cl)cc(NC(C)C3CCC(F)(F)CC3)c2C)c(=O)[nH]1. The number of anilines is 1. The van der Waals surface area contributed by atoms with Gasteiger partial charge in [-0.3, -0.25) is 9.59 Å². The van der Waals surface area contributed by atoms with E-state index in [-0.39, 0.29) is 42.8 Å². The molecular weight excluding hydrogens is 436 g/mol. The number of amides is 1. The van der Waals surface area contributed by atoms with E-state index < -0.39 is 5.92 Å². The summed E-state index contributed by atoms with van der Waals surface area (Å²) in [5.74, 6) is -2.77. The molecule has 1 aromatic carbocycles. The van der Waals surface area contributed by atoms with E-state index in [0.717, 1.165) is 16.8 Å². The topological polar surface area (TPSA) is 74.0 Å². The zero-order chi connectivity index (χ0) is 23.6. The van der Waals surface area contributed by atoms with Crippen LogP contribution in [0.1, 0.15) is 65.3 Å². The molecule has 1 aromatic heterocycles. The molecule has 1 unspecified atom stereocenters. The monoisotopic (exact) mass is 465 g/mol. The standard InChI is InChI=1S/C24H30ClF2N3O2/c1-13-9-14(2)29-23(32)20(13)12-28-22(31)19-10-18(25)11-21(15(19)3)30-16(4)17-5-7-24(26,27)8-6-17/h9-11,16-17,30H,5-8,12H2,1-4H3,(H,28,31)(H,29,32). The van der Waals surface area contributed by atoms with Crippen molar-refractivity contribution in [3.05, 3.63) is 61.5 Å². The molecule has 5 nitrogen and oxygen atoms in total. The van der Waals surface area contributed by atoms with Gasteiger partial charge in [-0.05, 0) is 75.8 Å². The Bertz CT molecular complexity index is 1060. The lowest BCUT2D eigenvalue weighted by atomic mass is 9.82. The lowest BCUT2D eigenvalue weighted by Gasteiger charge is -2.33. The highest BCUT2D eigenvalue weighted by Crippen LogP contribution is 2.38. The van der Waals surface area contributed by atoms with Gasteiger partial charge in [0.15, 0.2) is 0 Å². The normalized spacial score (nSPS) is 17.1. The van der Waals surface area contributed by atoms with Crippen molar-refractivity contribution in [3.8, 4) is 0 Å². The number of rotatable bonds is 6. The molecule has 0 bridgehead atoms. The number of carbonyl (C=O) groups excluding carboxylic acids is 1. The number of H-pyrrole nitrogens is 1. The number of halogens is 3. The van der Waals surface area contributed by atoms with Gasteiger partial charge in [0.05, 0.1) is 0 Å². The fraction of sp³-hybridized carbons (Fsp3) is 0.500. The Kier molecular flexibility index (Phi) is 7.28. The number of alkyl halides is 2. The van der Waals surface area contributed by atoms with Crippen molar-refractivity contribution in [2.24, 2.45) is 5.92 Å². The van der Waals surface area contributed by atoms with Gasteiger partial charge in [0.2, 0.25) is 5.92 Å². The molecule has 1 fully saturated rings. The van der Waals surface area contributed by atoms with Gasteiger partial charge < -0.3 is 15.6 Å². The van der Waals surface area contributed by atoms with Crippen molar-refractivity contribution in [1.82, 2.24) is 10.3 Å². The molecule has 8 heteroatoms. The number of hydrogen-bond donors (Lipinski definition) is 3. The minimum Gasteiger partial charge on any atom is -0.382 e. The molecule has 1 amide bonds. The van der Waals surface area contributed by atoms with Gasteiger partial charge >= 0.3 is 0 Å². The van der Waals surface area contributed by atoms with Gasteiger partial charge in [-0.25, -0.2) is 8.78 Å². The molecule has 174 valence electrons. The highest BCUT2D eigenvalue weighted by Gasteiger charge is 2.36. The molecule has 1 heterocycles. The first-order valence-electron chi connectivity index (χ1n) is 10.9. The summed E-state index contributed by atoms with van der Waals surface area (Å²) in [6.45, 7) is 7.53. The summed E-state index contributed by atoms with van der Waals surface area (Å²) in [4.78, 5) is 27.9. The summed E-state index contributed by atoms with van der Waals surface area (Å²) in [6.07, 6.45) is 0.726. The van der Waals surface area contributed by atoms with Crippen LogP contribution in [0.2, 0.25) is 5.02 Å². The summed E-state index contributed by atoms with van der Waals surface area (Å²) in [5.41, 5.74) is 3.68. The molecule has 1 saturated carbocycles. The number of hydrogen-bond acceptors (Lipinski definition) is 3. The van der Waals surface area contributed by atoms with Crippen molar-refractivity contribution in [2.75, 3.05) is 5.32 Å². The zero-order valence-corrected chi connectivity index (χ0v) is 19.6. The zero-order valence-electron chi connectivity index (χ0n) is 18.9. The second kappa shape index (κ2) is 9.61. The van der Waals surface area contributed by atoms with Gasteiger partial charge in [-0.1, -0.05) is 11.6 Å². The number of nitrogens with one attached hydrogen (secondary N) is 3. The summed E-state index contributed by atoms with van der Waals surface area (Å²) in [6, 6.07) is 5.16. The second-order valence-corrected chi connectivity index (χ2v) is 9.31. The molecule has 32 heavy (non-hydrogen) atoms. The maximum atomic E-state index is 13.5. The smallest absolute Gasteiger partial charge is 0.253 e. The predicted molar refractivity (Wildman–Crippen MR) is 124 cm³/mol. The molecule has 1 aliphatic carbocycles. The number of aromatic nitrogens is 1. The van der Waals surface area contributed by atoms with Gasteiger partial charge in [-0.2, -0.15) is 0 Å². The van der Waals surface area contributed by atoms with E-state index in [9.17, 15) is 18.4 Å². The Morgan fingerprint density at radius 3 is 2.50 bits per heavy atom. The quantitative estimate of drug-likeness (QED) is 0.526. The Labute approximate surface area is 192 Å². The van der Waals surface area contributed by atoms with Gasteiger partial charge in [-0.15, -0.1) is 0 Å². The maximum Gasteiger partial charge on any atom is 0.253 e. The molecule has 0 radical (unpaired) electrons. The lowest BCUT2D eigenvalue weighted by Crippen LogP contribution is -2.34. The minimum atomic E-state index is -2.56. The van der Waals surface area contributed by atoms with Crippen LogP contribution in [0.15, 0.2) is 23.0 Å². The van der Waals surface area contributed by atoms with Gasteiger partial charge in [0.1, 0.15) is 0 Å². The van der Waals surface area contributed by atoms with Crippen LogP contribution in [-0.2, 0) is 6.54 Å². The van der Waals surface area contributed by atoms with E-state index >= 15 is 0 Å². The Morgan fingerprint density at radius 2 is 1.88 bits per heavy atom. The first-order chi connectivity index (χ1) is 15.0. The van der Waals surface area contributed by atoms with Crippen LogP contribution < -0.4 is 16.2 Å². The average molecular weight is 466 g/mol. The van der Waals surface area contributed by atoms with Crippen LogP contribution in [0.25, 0.3) is 0 Å². The third-order valence-corrected chi connectivity index (χ3v) is 6.61. The van der Waals surface area contributed by atoms with Crippen LogP contribution in [0.4, 0.5) is 14.5 Å².